The summed E-state index contributed by atoms with van der Waals surface area (Å²) in [5.41, 5.74) is 2.36. The smallest absolute Gasteiger partial charge is 0.159 e. The zero-order chi connectivity index (χ0) is 14.4. The third-order valence-corrected chi connectivity index (χ3v) is 7.31. The lowest BCUT2D eigenvalue weighted by molar-refractivity contribution is 0.518. The Morgan fingerprint density at radius 2 is 2.05 bits per heavy atom. The first kappa shape index (κ1) is 13.0. The number of aromatic nitrogens is 1. The molecule has 2 atom stereocenters. The summed E-state index contributed by atoms with van der Waals surface area (Å²) in [6.45, 7) is 0. The number of hydrogen-bond acceptors (Lipinski definition) is 3. The fraction of sp³-hybridized carbons (Fsp3) is 0.353. The van der Waals surface area contributed by atoms with Gasteiger partial charge in [0.1, 0.15) is 0 Å². The lowest BCUT2D eigenvalue weighted by Gasteiger charge is -2.33. The average Bonchev–Trinajstić information content (AvgIpc) is 2.46. The van der Waals surface area contributed by atoms with Gasteiger partial charge in [-0.3, -0.25) is 4.98 Å². The zero-order valence-electron chi connectivity index (χ0n) is 11.7. The summed E-state index contributed by atoms with van der Waals surface area (Å²) in [4.78, 5) is 4.16. The molecular formula is C17H17NO2S. The van der Waals surface area contributed by atoms with E-state index >= 15 is 0 Å². The van der Waals surface area contributed by atoms with Crippen molar-refractivity contribution in [2.45, 2.75) is 36.2 Å². The molecule has 21 heavy (non-hydrogen) atoms. The standard InChI is InChI=1S/C17H17NO2S/c19-21(20)14-4-2-5-15(21)10-13(9-14)16-6-1-3-12-11-18-8-7-17(12)16/h1,3,6-9,11,14-15H,2,4-5,10H2. The molecule has 2 aromatic rings. The molecule has 3 heterocycles. The first-order chi connectivity index (χ1) is 10.2. The molecule has 1 aromatic carbocycles. The lowest BCUT2D eigenvalue weighted by Crippen LogP contribution is -2.38. The average molecular weight is 299 g/mol. The van der Waals surface area contributed by atoms with Gasteiger partial charge in [0.2, 0.25) is 0 Å². The van der Waals surface area contributed by atoms with E-state index in [2.05, 4.69) is 11.1 Å². The first-order valence-electron chi connectivity index (χ1n) is 7.43. The monoisotopic (exact) mass is 299 g/mol. The Balaban J connectivity index is 1.89. The van der Waals surface area contributed by atoms with Crippen LogP contribution in [-0.2, 0) is 9.84 Å². The fourth-order valence-corrected chi connectivity index (χ4v) is 5.91. The molecule has 4 heteroatoms. The Morgan fingerprint density at radius 3 is 2.90 bits per heavy atom. The lowest BCUT2D eigenvalue weighted by atomic mass is 9.91. The van der Waals surface area contributed by atoms with Crippen molar-refractivity contribution in [2.75, 3.05) is 0 Å². The highest BCUT2D eigenvalue weighted by Crippen LogP contribution is 2.40. The van der Waals surface area contributed by atoms with E-state index < -0.39 is 9.84 Å². The molecule has 4 rings (SSSR count). The first-order valence-corrected chi connectivity index (χ1v) is 9.04. The molecule has 1 fully saturated rings. The van der Waals surface area contributed by atoms with E-state index in [4.69, 9.17) is 0 Å². The summed E-state index contributed by atoms with van der Waals surface area (Å²) < 4.78 is 24.8. The van der Waals surface area contributed by atoms with E-state index in [1.54, 1.807) is 6.20 Å². The molecule has 2 aliphatic rings. The van der Waals surface area contributed by atoms with E-state index in [9.17, 15) is 8.42 Å². The van der Waals surface area contributed by atoms with Crippen molar-refractivity contribution >= 4 is 26.2 Å². The Bertz CT molecular complexity index is 833. The topological polar surface area (TPSA) is 47.0 Å². The van der Waals surface area contributed by atoms with Crippen LogP contribution in [0.25, 0.3) is 16.3 Å². The van der Waals surface area contributed by atoms with Crippen LogP contribution in [0.2, 0.25) is 0 Å². The van der Waals surface area contributed by atoms with Gasteiger partial charge in [-0.15, -0.1) is 0 Å². The Morgan fingerprint density at radius 1 is 1.14 bits per heavy atom. The summed E-state index contributed by atoms with van der Waals surface area (Å²) >= 11 is 0. The van der Waals surface area contributed by atoms with Crippen molar-refractivity contribution < 1.29 is 8.42 Å². The molecule has 0 aliphatic carbocycles. The second kappa shape index (κ2) is 4.67. The zero-order valence-corrected chi connectivity index (χ0v) is 12.5. The number of pyridine rings is 1. The van der Waals surface area contributed by atoms with E-state index in [0.717, 1.165) is 30.0 Å². The minimum atomic E-state index is -2.95. The molecule has 1 aromatic heterocycles. The van der Waals surface area contributed by atoms with Gasteiger partial charge in [-0.25, -0.2) is 8.42 Å². The summed E-state index contributed by atoms with van der Waals surface area (Å²) in [5, 5.41) is 1.80. The predicted octanol–water partition coefficient (Wildman–Crippen LogP) is 3.36. The van der Waals surface area contributed by atoms with Crippen LogP contribution >= 0.6 is 0 Å². The summed E-state index contributed by atoms with van der Waals surface area (Å²) in [5.74, 6) is 0. The third kappa shape index (κ3) is 2.01. The number of fused-ring (bicyclic) bond motifs is 3. The van der Waals surface area contributed by atoms with Crippen LogP contribution in [0.4, 0.5) is 0 Å². The van der Waals surface area contributed by atoms with Crippen molar-refractivity contribution in [3.05, 3.63) is 48.3 Å². The molecule has 108 valence electrons. The normalized spacial score (nSPS) is 27.3. The second-order valence-corrected chi connectivity index (χ2v) is 8.43. The fourth-order valence-electron chi connectivity index (χ4n) is 3.66. The number of benzene rings is 1. The van der Waals surface area contributed by atoms with Crippen LogP contribution < -0.4 is 0 Å². The van der Waals surface area contributed by atoms with Gasteiger partial charge in [-0.2, -0.15) is 0 Å². The van der Waals surface area contributed by atoms with E-state index in [-0.39, 0.29) is 10.5 Å². The van der Waals surface area contributed by atoms with Crippen molar-refractivity contribution in [2.24, 2.45) is 0 Å². The number of sulfone groups is 1. The molecule has 1 saturated heterocycles. The van der Waals surface area contributed by atoms with Gasteiger partial charge >= 0.3 is 0 Å². The Labute approximate surface area is 124 Å². The maximum Gasteiger partial charge on any atom is 0.159 e. The van der Waals surface area contributed by atoms with Crippen molar-refractivity contribution in [1.29, 1.82) is 0 Å². The minimum absolute atomic E-state index is 0.187. The highest BCUT2D eigenvalue weighted by molar-refractivity contribution is 7.93. The second-order valence-electron chi connectivity index (χ2n) is 5.98. The maximum atomic E-state index is 12.4. The quantitative estimate of drug-likeness (QED) is 0.811. The molecule has 2 bridgehead atoms. The van der Waals surface area contributed by atoms with E-state index in [0.29, 0.717) is 6.42 Å². The van der Waals surface area contributed by atoms with Gasteiger partial charge in [0.05, 0.1) is 10.5 Å². The van der Waals surface area contributed by atoms with E-state index in [1.165, 1.54) is 11.1 Å². The number of rotatable bonds is 1. The van der Waals surface area contributed by atoms with Gasteiger partial charge in [-0.05, 0) is 41.9 Å². The minimum Gasteiger partial charge on any atom is -0.264 e. The summed E-state index contributed by atoms with van der Waals surface area (Å²) in [6, 6.07) is 8.19. The summed E-state index contributed by atoms with van der Waals surface area (Å²) in [6.07, 6.45) is 8.92. The van der Waals surface area contributed by atoms with Gasteiger partial charge in [0.15, 0.2) is 9.84 Å². The largest absolute Gasteiger partial charge is 0.264 e. The van der Waals surface area contributed by atoms with Crippen LogP contribution in [0.5, 0.6) is 0 Å². The SMILES string of the molecule is O=S1(=O)C2C=C(c3cccc4cnccc34)CC1CCC2. The van der Waals surface area contributed by atoms with Crippen molar-refractivity contribution in [3.8, 4) is 0 Å². The molecule has 0 spiro atoms. The molecule has 0 N–H and O–H groups in total. The molecule has 0 saturated carbocycles. The summed E-state index contributed by atoms with van der Waals surface area (Å²) in [7, 11) is -2.95. The maximum absolute atomic E-state index is 12.4. The van der Waals surface area contributed by atoms with Crippen LogP contribution in [0.3, 0.4) is 0 Å². The molecule has 0 radical (unpaired) electrons. The van der Waals surface area contributed by atoms with Gasteiger partial charge in [0.25, 0.3) is 0 Å². The molecule has 0 amide bonds. The van der Waals surface area contributed by atoms with Gasteiger partial charge in [0, 0.05) is 17.8 Å². The van der Waals surface area contributed by atoms with E-state index in [1.807, 2.05) is 30.5 Å². The molecular weight excluding hydrogens is 282 g/mol. The molecule has 2 aliphatic heterocycles. The third-order valence-electron chi connectivity index (χ3n) is 4.76. The van der Waals surface area contributed by atoms with Gasteiger partial charge in [-0.1, -0.05) is 30.7 Å². The molecule has 3 nitrogen and oxygen atoms in total. The Hall–Kier alpha value is -1.68. The number of hydrogen-bond donors (Lipinski definition) is 0. The van der Waals surface area contributed by atoms with Crippen LogP contribution in [0.15, 0.2) is 42.7 Å². The van der Waals surface area contributed by atoms with Crippen LogP contribution in [-0.4, -0.2) is 23.9 Å². The molecule has 2 unspecified atom stereocenters. The number of nitrogens with zero attached hydrogens (tertiary/aromatic N) is 1. The van der Waals surface area contributed by atoms with Crippen LogP contribution in [0, 0.1) is 0 Å². The van der Waals surface area contributed by atoms with Crippen LogP contribution in [0.1, 0.15) is 31.2 Å². The van der Waals surface area contributed by atoms with Crippen molar-refractivity contribution in [1.82, 2.24) is 4.98 Å². The van der Waals surface area contributed by atoms with Crippen molar-refractivity contribution in [3.63, 3.8) is 0 Å². The van der Waals surface area contributed by atoms with Gasteiger partial charge < -0.3 is 0 Å². The highest BCUT2D eigenvalue weighted by Gasteiger charge is 2.40. The Kier molecular flexibility index (Phi) is 2.89. The highest BCUT2D eigenvalue weighted by atomic mass is 32.2. The number of allylic oxidation sites excluding steroid dienone is 1. The predicted molar refractivity (Wildman–Crippen MR) is 84.7 cm³/mol.